The van der Waals surface area contributed by atoms with Gasteiger partial charge in [0.2, 0.25) is 0 Å². The average Bonchev–Trinajstić information content (AvgIpc) is 3.14. The molecule has 0 aliphatic carbocycles. The van der Waals surface area contributed by atoms with Crippen LogP contribution in [-0.2, 0) is 14.3 Å². The van der Waals surface area contributed by atoms with Crippen molar-refractivity contribution in [1.82, 2.24) is 10.3 Å². The summed E-state index contributed by atoms with van der Waals surface area (Å²) in [6, 6.07) is 7.82. The summed E-state index contributed by atoms with van der Waals surface area (Å²) in [6.45, 7) is 0. The van der Waals surface area contributed by atoms with Crippen LogP contribution in [0.3, 0.4) is 0 Å². The van der Waals surface area contributed by atoms with E-state index in [2.05, 4.69) is 25.2 Å². The van der Waals surface area contributed by atoms with E-state index in [-0.39, 0.29) is 4.91 Å². The van der Waals surface area contributed by atoms with E-state index in [1.54, 1.807) is 6.21 Å². The molecule has 1 aromatic carbocycles. The van der Waals surface area contributed by atoms with Crippen LogP contribution in [0.25, 0.3) is 10.9 Å². The molecule has 116 valence electrons. The quantitative estimate of drug-likeness (QED) is 0.388. The predicted molar refractivity (Wildman–Crippen MR) is 89.2 cm³/mol. The fourth-order valence-corrected chi connectivity index (χ4v) is 2.67. The number of amides is 1. The van der Waals surface area contributed by atoms with Crippen molar-refractivity contribution in [2.24, 2.45) is 10.2 Å². The van der Waals surface area contributed by atoms with Gasteiger partial charge in [-0.3, -0.25) is 10.1 Å². The molecule has 1 fully saturated rings. The number of aromatic amines is 1. The number of carbonyl (C=O) groups is 2. The monoisotopic (exact) mass is 328 g/mol. The number of methoxy groups -OCH3 is 1. The summed E-state index contributed by atoms with van der Waals surface area (Å²) in [7, 11) is 1.25. The summed E-state index contributed by atoms with van der Waals surface area (Å²) in [4.78, 5) is 26.1. The first kappa shape index (κ1) is 15.0. The zero-order valence-electron chi connectivity index (χ0n) is 12.1. The van der Waals surface area contributed by atoms with Gasteiger partial charge in [0, 0.05) is 17.8 Å². The van der Waals surface area contributed by atoms with Crippen molar-refractivity contribution in [3.8, 4) is 0 Å². The second kappa shape index (κ2) is 6.49. The van der Waals surface area contributed by atoms with Gasteiger partial charge in [0.1, 0.15) is 0 Å². The first-order chi connectivity index (χ1) is 11.2. The van der Waals surface area contributed by atoms with Gasteiger partial charge in [-0.25, -0.2) is 4.79 Å². The molecule has 7 nitrogen and oxygen atoms in total. The molecule has 1 aromatic heterocycles. The standard InChI is InChI=1S/C15H12N4O3S/c1-22-13(20)7-12-14(21)18-15(23-12)19-17-8-9-2-3-10-4-5-16-11(10)6-9/h2-8,16H,1H3,(H,18,19,21)/b12-7+,17-8?. The maximum atomic E-state index is 11.6. The lowest BCUT2D eigenvalue weighted by molar-refractivity contribution is -0.135. The number of ether oxygens (including phenoxy) is 1. The number of rotatable bonds is 3. The second-order valence-corrected chi connectivity index (χ2v) is 5.59. The maximum absolute atomic E-state index is 11.6. The van der Waals surface area contributed by atoms with Gasteiger partial charge in [0.05, 0.1) is 18.2 Å². The highest BCUT2D eigenvalue weighted by atomic mass is 32.2. The van der Waals surface area contributed by atoms with Crippen molar-refractivity contribution in [3.05, 3.63) is 47.0 Å². The van der Waals surface area contributed by atoms with E-state index in [0.29, 0.717) is 5.17 Å². The Kier molecular flexibility index (Phi) is 4.24. The second-order valence-electron chi connectivity index (χ2n) is 4.56. The summed E-state index contributed by atoms with van der Waals surface area (Å²) in [5.41, 5.74) is 1.89. The molecule has 0 spiro atoms. The molecule has 1 amide bonds. The Morgan fingerprint density at radius 2 is 2.22 bits per heavy atom. The molecule has 3 rings (SSSR count). The molecule has 1 saturated heterocycles. The van der Waals surface area contributed by atoms with Gasteiger partial charge in [-0.2, -0.15) is 5.10 Å². The fourth-order valence-electron chi connectivity index (χ4n) is 1.93. The molecule has 0 radical (unpaired) electrons. The smallest absolute Gasteiger partial charge is 0.331 e. The van der Waals surface area contributed by atoms with E-state index < -0.39 is 11.9 Å². The summed E-state index contributed by atoms with van der Waals surface area (Å²) in [6.07, 6.45) is 4.57. The highest BCUT2D eigenvalue weighted by molar-refractivity contribution is 8.18. The SMILES string of the molecule is COC(=O)/C=C1/S/C(=N\N=Cc2ccc3cc[nH]c3c2)NC1=O. The third-order valence-corrected chi connectivity index (χ3v) is 3.94. The van der Waals surface area contributed by atoms with Crippen molar-refractivity contribution in [3.63, 3.8) is 0 Å². The van der Waals surface area contributed by atoms with Gasteiger partial charge in [0.25, 0.3) is 5.91 Å². The molecule has 2 aromatic rings. The van der Waals surface area contributed by atoms with Crippen molar-refractivity contribution in [2.45, 2.75) is 0 Å². The maximum Gasteiger partial charge on any atom is 0.331 e. The average molecular weight is 328 g/mol. The van der Waals surface area contributed by atoms with E-state index in [1.807, 2.05) is 30.5 Å². The van der Waals surface area contributed by atoms with Crippen molar-refractivity contribution in [2.75, 3.05) is 7.11 Å². The van der Waals surface area contributed by atoms with Gasteiger partial charge < -0.3 is 9.72 Å². The minimum Gasteiger partial charge on any atom is -0.466 e. The largest absolute Gasteiger partial charge is 0.466 e. The lowest BCUT2D eigenvalue weighted by Crippen LogP contribution is -2.19. The van der Waals surface area contributed by atoms with E-state index in [0.717, 1.165) is 34.3 Å². The van der Waals surface area contributed by atoms with Crippen LogP contribution in [0.1, 0.15) is 5.56 Å². The lowest BCUT2D eigenvalue weighted by Gasteiger charge is -1.93. The van der Waals surface area contributed by atoms with Crippen molar-refractivity contribution < 1.29 is 14.3 Å². The van der Waals surface area contributed by atoms with E-state index in [4.69, 9.17) is 0 Å². The summed E-state index contributed by atoms with van der Waals surface area (Å²) in [5, 5.41) is 11.8. The van der Waals surface area contributed by atoms with Gasteiger partial charge in [-0.1, -0.05) is 12.1 Å². The number of nitrogens with zero attached hydrogens (tertiary/aromatic N) is 2. The van der Waals surface area contributed by atoms with Crippen LogP contribution in [0.15, 0.2) is 51.6 Å². The molecule has 2 N–H and O–H groups in total. The number of hydrogen-bond donors (Lipinski definition) is 2. The Morgan fingerprint density at radius 1 is 1.35 bits per heavy atom. The summed E-state index contributed by atoms with van der Waals surface area (Å²) >= 11 is 1.03. The third kappa shape index (κ3) is 3.49. The Balaban J connectivity index is 1.71. The Bertz CT molecular complexity index is 866. The number of carbonyl (C=O) groups excluding carboxylic acids is 2. The first-order valence-electron chi connectivity index (χ1n) is 6.63. The molecule has 0 saturated carbocycles. The van der Waals surface area contributed by atoms with Gasteiger partial charge in [-0.15, -0.1) is 5.10 Å². The number of fused-ring (bicyclic) bond motifs is 1. The lowest BCUT2D eigenvalue weighted by atomic mass is 10.2. The van der Waals surface area contributed by atoms with Crippen LogP contribution in [-0.4, -0.2) is 35.4 Å². The minimum atomic E-state index is -0.591. The van der Waals surface area contributed by atoms with E-state index in [9.17, 15) is 9.59 Å². The Labute approximate surface area is 135 Å². The molecule has 8 heteroatoms. The topological polar surface area (TPSA) is 95.9 Å². The van der Waals surface area contributed by atoms with Crippen molar-refractivity contribution in [1.29, 1.82) is 0 Å². The number of hydrogen-bond acceptors (Lipinski definition) is 6. The molecule has 0 atom stereocenters. The minimum absolute atomic E-state index is 0.221. The molecular weight excluding hydrogens is 316 g/mol. The molecule has 0 bridgehead atoms. The number of H-pyrrole nitrogens is 1. The highest BCUT2D eigenvalue weighted by Gasteiger charge is 2.24. The number of aromatic nitrogens is 1. The van der Waals surface area contributed by atoms with Gasteiger partial charge in [0.15, 0.2) is 5.17 Å². The van der Waals surface area contributed by atoms with Crippen LogP contribution in [0, 0.1) is 0 Å². The van der Waals surface area contributed by atoms with Crippen LogP contribution in [0.5, 0.6) is 0 Å². The highest BCUT2D eigenvalue weighted by Crippen LogP contribution is 2.23. The number of benzene rings is 1. The normalized spacial score (nSPS) is 18.2. The zero-order valence-corrected chi connectivity index (χ0v) is 12.9. The summed E-state index contributed by atoms with van der Waals surface area (Å²) in [5.74, 6) is -0.992. The fraction of sp³-hybridized carbons (Fsp3) is 0.0667. The van der Waals surface area contributed by atoms with E-state index in [1.165, 1.54) is 7.11 Å². The van der Waals surface area contributed by atoms with Gasteiger partial charge >= 0.3 is 5.97 Å². The first-order valence-corrected chi connectivity index (χ1v) is 7.44. The Morgan fingerprint density at radius 3 is 3.04 bits per heavy atom. The van der Waals surface area contributed by atoms with Crippen molar-refractivity contribution >= 4 is 45.9 Å². The molecule has 1 aliphatic heterocycles. The third-order valence-electron chi connectivity index (χ3n) is 3.04. The number of nitrogens with one attached hydrogen (secondary N) is 2. The molecule has 1 aliphatic rings. The molecule has 23 heavy (non-hydrogen) atoms. The van der Waals surface area contributed by atoms with Crippen LogP contribution in [0.2, 0.25) is 0 Å². The van der Waals surface area contributed by atoms with E-state index >= 15 is 0 Å². The van der Waals surface area contributed by atoms with Crippen LogP contribution < -0.4 is 5.32 Å². The molecular formula is C15H12N4O3S. The van der Waals surface area contributed by atoms with Crippen LogP contribution >= 0.6 is 11.8 Å². The van der Waals surface area contributed by atoms with Gasteiger partial charge in [-0.05, 0) is 34.8 Å². The number of amidine groups is 1. The number of esters is 1. The molecule has 2 heterocycles. The van der Waals surface area contributed by atoms with Crippen LogP contribution in [0.4, 0.5) is 0 Å². The number of thioether (sulfide) groups is 1. The zero-order chi connectivity index (χ0) is 16.2. The summed E-state index contributed by atoms with van der Waals surface area (Å²) < 4.78 is 4.48. The predicted octanol–water partition coefficient (Wildman–Crippen LogP) is 1.78. The molecule has 0 unspecified atom stereocenters. The Hall–Kier alpha value is -2.87.